The lowest BCUT2D eigenvalue weighted by molar-refractivity contribution is -0.144. The number of nitrogens with zero attached hydrogens (tertiary/aromatic N) is 5. The first kappa shape index (κ1) is 22.7. The molecule has 0 bridgehead atoms. The maximum atomic E-state index is 13.6. The molecule has 0 radical (unpaired) electrons. The number of carbonyl (C=O) groups is 2. The Morgan fingerprint density at radius 2 is 1.87 bits per heavy atom. The normalized spacial score (nSPS) is 19.9. The van der Waals surface area contributed by atoms with Crippen molar-refractivity contribution in [1.82, 2.24) is 25.2 Å². The van der Waals surface area contributed by atoms with Gasteiger partial charge in [-0.05, 0) is 17.5 Å². The molecular formula is C22H32N6O3. The number of hydrogen-bond acceptors (Lipinski definition) is 6. The van der Waals surface area contributed by atoms with Crippen LogP contribution in [0.25, 0.3) is 11.3 Å². The van der Waals surface area contributed by atoms with Gasteiger partial charge in [-0.3, -0.25) is 9.59 Å². The lowest BCUT2D eigenvalue weighted by Crippen LogP contribution is -2.49. The highest BCUT2D eigenvalue weighted by Gasteiger charge is 2.45. The Morgan fingerprint density at radius 3 is 2.42 bits per heavy atom. The molecule has 1 aliphatic heterocycles. The molecule has 1 aromatic carbocycles. The molecule has 1 aliphatic rings. The average Bonchev–Trinajstić information content (AvgIpc) is 3.33. The van der Waals surface area contributed by atoms with Crippen molar-refractivity contribution in [3.8, 4) is 11.3 Å². The highest BCUT2D eigenvalue weighted by molar-refractivity contribution is 5.90. The molecule has 2 N–H and O–H groups in total. The molecule has 168 valence electrons. The first-order valence-electron chi connectivity index (χ1n) is 10.4. The Labute approximate surface area is 183 Å². The molecule has 9 nitrogen and oxygen atoms in total. The van der Waals surface area contributed by atoms with Crippen molar-refractivity contribution in [2.45, 2.75) is 45.4 Å². The molecule has 2 unspecified atom stereocenters. The summed E-state index contributed by atoms with van der Waals surface area (Å²) in [5.41, 5.74) is 2.15. The SMILES string of the molecule is CNC(=O)[C@H]1CC(O)CN1C(=O)C(n1cc(-c2ccc(N(C)C)cc2)nn1)C(C)(C)C. The lowest BCUT2D eigenvalue weighted by atomic mass is 9.85. The minimum Gasteiger partial charge on any atom is -0.391 e. The quantitative estimate of drug-likeness (QED) is 0.744. The van der Waals surface area contributed by atoms with Crippen LogP contribution in [0, 0.1) is 5.41 Å². The number of benzene rings is 1. The number of anilines is 1. The van der Waals surface area contributed by atoms with E-state index in [4.69, 9.17) is 0 Å². The van der Waals surface area contributed by atoms with Gasteiger partial charge in [0.05, 0.1) is 12.3 Å². The van der Waals surface area contributed by atoms with E-state index >= 15 is 0 Å². The summed E-state index contributed by atoms with van der Waals surface area (Å²) in [5, 5.41) is 21.3. The molecule has 3 rings (SSSR count). The molecule has 0 spiro atoms. The number of aliphatic hydroxyl groups is 1. The Hall–Kier alpha value is -2.94. The Morgan fingerprint density at radius 1 is 1.23 bits per heavy atom. The highest BCUT2D eigenvalue weighted by atomic mass is 16.3. The largest absolute Gasteiger partial charge is 0.391 e. The van der Waals surface area contributed by atoms with Gasteiger partial charge in [0.15, 0.2) is 0 Å². The predicted octanol–water partition coefficient (Wildman–Crippen LogP) is 1.31. The topological polar surface area (TPSA) is 104 Å². The van der Waals surface area contributed by atoms with Crippen molar-refractivity contribution in [3.05, 3.63) is 30.5 Å². The van der Waals surface area contributed by atoms with E-state index in [0.29, 0.717) is 5.69 Å². The van der Waals surface area contributed by atoms with E-state index < -0.39 is 23.6 Å². The first-order valence-corrected chi connectivity index (χ1v) is 10.4. The fourth-order valence-electron chi connectivity index (χ4n) is 3.98. The van der Waals surface area contributed by atoms with Crippen LogP contribution < -0.4 is 10.2 Å². The third-order valence-electron chi connectivity index (χ3n) is 5.62. The van der Waals surface area contributed by atoms with Gasteiger partial charge >= 0.3 is 0 Å². The van der Waals surface area contributed by atoms with Gasteiger partial charge in [0.25, 0.3) is 0 Å². The van der Waals surface area contributed by atoms with Crippen LogP contribution in [0.1, 0.15) is 33.2 Å². The number of carbonyl (C=O) groups excluding carboxylic acids is 2. The van der Waals surface area contributed by atoms with Gasteiger partial charge in [0.1, 0.15) is 17.8 Å². The number of likely N-dealkylation sites (N-methyl/N-ethyl adjacent to an activating group) is 1. The van der Waals surface area contributed by atoms with Crippen LogP contribution >= 0.6 is 0 Å². The maximum absolute atomic E-state index is 13.6. The summed E-state index contributed by atoms with van der Waals surface area (Å²) in [6.45, 7) is 5.97. The number of hydrogen-bond donors (Lipinski definition) is 2. The zero-order valence-corrected chi connectivity index (χ0v) is 19.0. The minimum absolute atomic E-state index is 0.122. The number of likely N-dealkylation sites (tertiary alicyclic amines) is 1. The van der Waals surface area contributed by atoms with Gasteiger partial charge in [-0.2, -0.15) is 0 Å². The number of aromatic nitrogens is 3. The zero-order chi connectivity index (χ0) is 22.9. The summed E-state index contributed by atoms with van der Waals surface area (Å²) in [6, 6.07) is 6.57. The lowest BCUT2D eigenvalue weighted by Gasteiger charge is -2.34. The van der Waals surface area contributed by atoms with Gasteiger partial charge in [0, 0.05) is 45.4 Å². The van der Waals surface area contributed by atoms with Gasteiger partial charge in [-0.25, -0.2) is 4.68 Å². The predicted molar refractivity (Wildman–Crippen MR) is 118 cm³/mol. The molecular weight excluding hydrogens is 396 g/mol. The molecule has 9 heteroatoms. The Kier molecular flexibility index (Phi) is 6.35. The standard InChI is InChI=1S/C22H32N6O3/c1-22(2,3)19(21(31)27-12-16(29)11-18(27)20(30)23-4)28-13-17(24-25-28)14-7-9-15(10-8-14)26(5)6/h7-10,13,16,18-19,29H,11-12H2,1-6H3,(H,23,30)/t16?,18-,19?/m1/s1. The van der Waals surface area contributed by atoms with Crippen molar-refractivity contribution >= 4 is 17.5 Å². The maximum Gasteiger partial charge on any atom is 0.248 e. The van der Waals surface area contributed by atoms with Gasteiger partial charge in [0.2, 0.25) is 11.8 Å². The summed E-state index contributed by atoms with van der Waals surface area (Å²) < 4.78 is 1.57. The molecule has 1 aromatic heterocycles. The summed E-state index contributed by atoms with van der Waals surface area (Å²) in [7, 11) is 5.49. The Balaban J connectivity index is 1.92. The zero-order valence-electron chi connectivity index (χ0n) is 19.0. The minimum atomic E-state index is -0.728. The molecule has 1 fully saturated rings. The number of β-amino-alcohol motifs (C(OH)–C–C–N with tert-alkyl or cyclic N) is 1. The van der Waals surface area contributed by atoms with Crippen molar-refractivity contribution < 1.29 is 14.7 Å². The van der Waals surface area contributed by atoms with Crippen molar-refractivity contribution in [3.63, 3.8) is 0 Å². The van der Waals surface area contributed by atoms with Crippen LogP contribution in [0.15, 0.2) is 30.5 Å². The van der Waals surface area contributed by atoms with Crippen LogP contribution in [0.4, 0.5) is 5.69 Å². The number of amides is 2. The monoisotopic (exact) mass is 428 g/mol. The molecule has 3 atom stereocenters. The molecule has 2 heterocycles. The van der Waals surface area contributed by atoms with Crippen LogP contribution in [0.5, 0.6) is 0 Å². The highest BCUT2D eigenvalue weighted by Crippen LogP contribution is 2.35. The average molecular weight is 429 g/mol. The first-order chi connectivity index (χ1) is 14.5. The van der Waals surface area contributed by atoms with E-state index in [-0.39, 0.29) is 24.8 Å². The summed E-state index contributed by atoms with van der Waals surface area (Å²) in [5.74, 6) is -0.533. The third-order valence-corrected chi connectivity index (χ3v) is 5.62. The number of nitrogens with one attached hydrogen (secondary N) is 1. The van der Waals surface area contributed by atoms with E-state index in [1.54, 1.807) is 10.9 Å². The van der Waals surface area contributed by atoms with E-state index in [9.17, 15) is 14.7 Å². The molecule has 1 saturated heterocycles. The van der Waals surface area contributed by atoms with E-state index in [2.05, 4.69) is 15.6 Å². The third kappa shape index (κ3) is 4.71. The fraction of sp³-hybridized carbons (Fsp3) is 0.545. The summed E-state index contributed by atoms with van der Waals surface area (Å²) >= 11 is 0. The van der Waals surface area contributed by atoms with Gasteiger partial charge < -0.3 is 20.2 Å². The smallest absolute Gasteiger partial charge is 0.248 e. The van der Waals surface area contributed by atoms with Gasteiger partial charge in [-0.15, -0.1) is 5.10 Å². The number of aliphatic hydroxyl groups excluding tert-OH is 1. The molecule has 2 amide bonds. The van der Waals surface area contributed by atoms with E-state index in [0.717, 1.165) is 11.3 Å². The summed E-state index contributed by atoms with van der Waals surface area (Å²) in [4.78, 5) is 29.3. The summed E-state index contributed by atoms with van der Waals surface area (Å²) in [6.07, 6.45) is 1.26. The van der Waals surface area contributed by atoms with Gasteiger partial charge in [-0.1, -0.05) is 38.1 Å². The van der Waals surface area contributed by atoms with Crippen molar-refractivity contribution in [1.29, 1.82) is 0 Å². The van der Waals surface area contributed by atoms with Crippen LogP contribution in [0.2, 0.25) is 0 Å². The second-order valence-corrected chi connectivity index (χ2v) is 9.30. The van der Waals surface area contributed by atoms with Crippen LogP contribution in [0.3, 0.4) is 0 Å². The van der Waals surface area contributed by atoms with Crippen LogP contribution in [-0.2, 0) is 9.59 Å². The molecule has 0 saturated carbocycles. The fourth-order valence-corrected chi connectivity index (χ4v) is 3.98. The Bertz CT molecular complexity index is 931. The molecule has 2 aromatic rings. The van der Waals surface area contributed by atoms with Crippen molar-refractivity contribution in [2.75, 3.05) is 32.6 Å². The van der Waals surface area contributed by atoms with E-state index in [1.165, 1.54) is 11.9 Å². The second kappa shape index (κ2) is 8.66. The second-order valence-electron chi connectivity index (χ2n) is 9.30. The van der Waals surface area contributed by atoms with Crippen molar-refractivity contribution in [2.24, 2.45) is 5.41 Å². The van der Waals surface area contributed by atoms with E-state index in [1.807, 2.05) is 64.0 Å². The van der Waals surface area contributed by atoms with Crippen LogP contribution in [-0.4, -0.2) is 76.6 Å². The molecule has 31 heavy (non-hydrogen) atoms. The number of rotatable bonds is 5. The molecule has 0 aliphatic carbocycles.